The fraction of sp³-hybridized carbons (Fsp3) is 0.545. The van der Waals surface area contributed by atoms with Crippen LogP contribution in [0.2, 0.25) is 0 Å². The Morgan fingerprint density at radius 3 is 2.73 bits per heavy atom. The SMILES string of the molecule is CCOC(=O)c1sc(Br)c2c1CCCC2. The summed E-state index contributed by atoms with van der Waals surface area (Å²) in [6.45, 7) is 2.29. The number of fused-ring (bicyclic) bond motifs is 1. The van der Waals surface area contributed by atoms with E-state index in [4.69, 9.17) is 4.74 Å². The number of halogens is 1. The molecule has 0 bridgehead atoms. The minimum Gasteiger partial charge on any atom is -0.462 e. The summed E-state index contributed by atoms with van der Waals surface area (Å²) in [6, 6.07) is 0. The van der Waals surface area contributed by atoms with Gasteiger partial charge in [-0.05, 0) is 59.7 Å². The number of ether oxygens (including phenoxy) is 1. The van der Waals surface area contributed by atoms with E-state index in [0.29, 0.717) is 6.61 Å². The molecule has 1 aromatic heterocycles. The Morgan fingerprint density at radius 1 is 1.40 bits per heavy atom. The molecule has 0 fully saturated rings. The van der Waals surface area contributed by atoms with Crippen molar-refractivity contribution in [1.29, 1.82) is 0 Å². The second-order valence-corrected chi connectivity index (χ2v) is 5.93. The molecule has 1 aliphatic rings. The van der Waals surface area contributed by atoms with Gasteiger partial charge >= 0.3 is 5.97 Å². The molecule has 0 atom stereocenters. The topological polar surface area (TPSA) is 26.3 Å². The molecule has 82 valence electrons. The van der Waals surface area contributed by atoms with E-state index in [-0.39, 0.29) is 5.97 Å². The van der Waals surface area contributed by atoms with Crippen molar-refractivity contribution in [2.45, 2.75) is 32.6 Å². The van der Waals surface area contributed by atoms with Crippen molar-refractivity contribution in [3.05, 3.63) is 19.8 Å². The monoisotopic (exact) mass is 288 g/mol. The van der Waals surface area contributed by atoms with E-state index in [9.17, 15) is 4.79 Å². The molecule has 0 spiro atoms. The summed E-state index contributed by atoms with van der Waals surface area (Å²) in [7, 11) is 0. The standard InChI is InChI=1S/C11H13BrO2S/c1-2-14-11(13)9-7-5-3-4-6-8(7)10(12)15-9/h2-6H2,1H3. The van der Waals surface area contributed by atoms with Gasteiger partial charge in [-0.2, -0.15) is 0 Å². The van der Waals surface area contributed by atoms with Gasteiger partial charge in [0.05, 0.1) is 10.4 Å². The van der Waals surface area contributed by atoms with Gasteiger partial charge in [0.15, 0.2) is 0 Å². The molecular formula is C11H13BrO2S. The van der Waals surface area contributed by atoms with E-state index in [1.165, 1.54) is 35.3 Å². The molecule has 1 aliphatic carbocycles. The van der Waals surface area contributed by atoms with Crippen molar-refractivity contribution >= 4 is 33.2 Å². The summed E-state index contributed by atoms with van der Waals surface area (Å²) in [5.74, 6) is -0.161. The van der Waals surface area contributed by atoms with Gasteiger partial charge in [0.1, 0.15) is 4.88 Å². The molecule has 0 aliphatic heterocycles. The summed E-state index contributed by atoms with van der Waals surface area (Å²) in [5.41, 5.74) is 2.55. The van der Waals surface area contributed by atoms with Crippen LogP contribution in [-0.2, 0) is 17.6 Å². The van der Waals surface area contributed by atoms with Crippen molar-refractivity contribution < 1.29 is 9.53 Å². The van der Waals surface area contributed by atoms with Crippen LogP contribution in [0.5, 0.6) is 0 Å². The van der Waals surface area contributed by atoms with E-state index in [1.54, 1.807) is 0 Å². The van der Waals surface area contributed by atoms with E-state index in [1.807, 2.05) is 6.92 Å². The van der Waals surface area contributed by atoms with Gasteiger partial charge < -0.3 is 4.74 Å². The molecule has 0 unspecified atom stereocenters. The van der Waals surface area contributed by atoms with Crippen LogP contribution in [0, 0.1) is 0 Å². The number of carbonyl (C=O) groups excluding carboxylic acids is 1. The quantitative estimate of drug-likeness (QED) is 0.778. The largest absolute Gasteiger partial charge is 0.462 e. The van der Waals surface area contributed by atoms with E-state index < -0.39 is 0 Å². The van der Waals surface area contributed by atoms with Crippen molar-refractivity contribution in [2.75, 3.05) is 6.61 Å². The molecule has 0 amide bonds. The third kappa shape index (κ3) is 2.11. The first-order valence-electron chi connectivity index (χ1n) is 5.21. The van der Waals surface area contributed by atoms with Gasteiger partial charge in [0.2, 0.25) is 0 Å². The predicted molar refractivity (Wildman–Crippen MR) is 64.6 cm³/mol. The zero-order valence-corrected chi connectivity index (χ0v) is 11.0. The van der Waals surface area contributed by atoms with E-state index >= 15 is 0 Å². The third-order valence-electron chi connectivity index (χ3n) is 2.63. The molecule has 0 aromatic carbocycles. The number of esters is 1. The lowest BCUT2D eigenvalue weighted by molar-refractivity contribution is 0.0530. The van der Waals surface area contributed by atoms with Gasteiger partial charge in [0.25, 0.3) is 0 Å². The minimum absolute atomic E-state index is 0.161. The Balaban J connectivity index is 2.35. The van der Waals surface area contributed by atoms with E-state index in [2.05, 4.69) is 15.9 Å². The fourth-order valence-corrected chi connectivity index (χ4v) is 3.89. The lowest BCUT2D eigenvalue weighted by Crippen LogP contribution is -2.08. The summed E-state index contributed by atoms with van der Waals surface area (Å²) in [6.07, 6.45) is 4.52. The van der Waals surface area contributed by atoms with Crippen LogP contribution >= 0.6 is 27.3 Å². The third-order valence-corrected chi connectivity index (χ3v) is 4.64. The predicted octanol–water partition coefficient (Wildman–Crippen LogP) is 3.57. The number of carbonyl (C=O) groups is 1. The minimum atomic E-state index is -0.161. The molecule has 2 nitrogen and oxygen atoms in total. The van der Waals surface area contributed by atoms with Crippen molar-refractivity contribution in [3.63, 3.8) is 0 Å². The Morgan fingerprint density at radius 2 is 2.07 bits per heavy atom. The molecule has 0 N–H and O–H groups in total. The lowest BCUT2D eigenvalue weighted by Gasteiger charge is -2.12. The zero-order valence-electron chi connectivity index (χ0n) is 8.64. The average molecular weight is 289 g/mol. The zero-order chi connectivity index (χ0) is 10.8. The molecular weight excluding hydrogens is 276 g/mol. The van der Waals surface area contributed by atoms with Crippen LogP contribution < -0.4 is 0 Å². The van der Waals surface area contributed by atoms with Crippen molar-refractivity contribution in [1.82, 2.24) is 0 Å². The Labute approximate surface area is 102 Å². The van der Waals surface area contributed by atoms with Gasteiger partial charge in [0, 0.05) is 0 Å². The maximum atomic E-state index is 11.7. The maximum Gasteiger partial charge on any atom is 0.348 e. The van der Waals surface area contributed by atoms with Crippen molar-refractivity contribution in [3.8, 4) is 0 Å². The van der Waals surface area contributed by atoms with Crippen LogP contribution in [0.25, 0.3) is 0 Å². The number of hydrogen-bond acceptors (Lipinski definition) is 3. The smallest absolute Gasteiger partial charge is 0.348 e. The van der Waals surface area contributed by atoms with Crippen molar-refractivity contribution in [2.24, 2.45) is 0 Å². The number of thiophene rings is 1. The highest BCUT2D eigenvalue weighted by molar-refractivity contribution is 9.11. The molecule has 0 saturated carbocycles. The number of rotatable bonds is 2. The first kappa shape index (κ1) is 11.1. The molecule has 15 heavy (non-hydrogen) atoms. The molecule has 0 radical (unpaired) electrons. The summed E-state index contributed by atoms with van der Waals surface area (Å²) in [4.78, 5) is 12.5. The first-order valence-corrected chi connectivity index (χ1v) is 6.82. The second-order valence-electron chi connectivity index (χ2n) is 3.59. The highest BCUT2D eigenvalue weighted by Gasteiger charge is 2.24. The number of hydrogen-bond donors (Lipinski definition) is 0. The van der Waals surface area contributed by atoms with Crippen LogP contribution in [-0.4, -0.2) is 12.6 Å². The Bertz CT molecular complexity index is 384. The lowest BCUT2D eigenvalue weighted by atomic mass is 9.94. The van der Waals surface area contributed by atoms with Crippen LogP contribution in [0.4, 0.5) is 0 Å². The highest BCUT2D eigenvalue weighted by atomic mass is 79.9. The van der Waals surface area contributed by atoms with Crippen LogP contribution in [0.3, 0.4) is 0 Å². The van der Waals surface area contributed by atoms with Gasteiger partial charge in [-0.15, -0.1) is 11.3 Å². The molecule has 1 aromatic rings. The van der Waals surface area contributed by atoms with Gasteiger partial charge in [-0.1, -0.05) is 0 Å². The normalized spacial score (nSPS) is 14.8. The van der Waals surface area contributed by atoms with Crippen LogP contribution in [0.15, 0.2) is 3.79 Å². The first-order chi connectivity index (χ1) is 7.24. The second kappa shape index (κ2) is 4.66. The Hall–Kier alpha value is -0.350. The average Bonchev–Trinajstić information content (AvgIpc) is 2.58. The van der Waals surface area contributed by atoms with Crippen LogP contribution in [0.1, 0.15) is 40.6 Å². The summed E-state index contributed by atoms with van der Waals surface area (Å²) in [5, 5.41) is 0. The Kier molecular flexibility index (Phi) is 3.46. The maximum absolute atomic E-state index is 11.7. The highest BCUT2D eigenvalue weighted by Crippen LogP contribution is 2.38. The summed E-state index contributed by atoms with van der Waals surface area (Å²) >= 11 is 5.05. The van der Waals surface area contributed by atoms with Gasteiger partial charge in [-0.25, -0.2) is 4.79 Å². The molecule has 0 saturated heterocycles. The van der Waals surface area contributed by atoms with Gasteiger partial charge in [-0.3, -0.25) is 0 Å². The molecule has 4 heteroatoms. The summed E-state index contributed by atoms with van der Waals surface area (Å²) < 4.78 is 6.17. The van der Waals surface area contributed by atoms with E-state index in [0.717, 1.165) is 21.5 Å². The molecule has 2 rings (SSSR count). The fourth-order valence-electron chi connectivity index (χ4n) is 1.95. The molecule has 1 heterocycles.